The van der Waals surface area contributed by atoms with Crippen molar-refractivity contribution in [1.82, 2.24) is 19.3 Å². The molecular weight excluding hydrogens is 328 g/mol. The topological polar surface area (TPSA) is 70.5 Å². The van der Waals surface area contributed by atoms with Crippen LogP contribution in [-0.2, 0) is 13.1 Å². The van der Waals surface area contributed by atoms with Crippen molar-refractivity contribution in [2.45, 2.75) is 20.0 Å². The van der Waals surface area contributed by atoms with Crippen LogP contribution in [0.3, 0.4) is 0 Å². The summed E-state index contributed by atoms with van der Waals surface area (Å²) in [7, 11) is 0. The minimum absolute atomic E-state index is 0.0211. The summed E-state index contributed by atoms with van der Waals surface area (Å²) in [6.07, 6.45) is 3.15. The molecular formula is C20H16N4O2. The first-order valence-electron chi connectivity index (χ1n) is 8.46. The van der Waals surface area contributed by atoms with E-state index in [-0.39, 0.29) is 11.5 Å². The largest absolute Gasteiger partial charge is 0.330 e. The molecule has 1 amide bonds. The van der Waals surface area contributed by atoms with E-state index in [2.05, 4.69) is 22.1 Å². The molecule has 6 nitrogen and oxygen atoms in total. The minimum atomic E-state index is -0.217. The standard InChI is InChI=1S/C20H16N4O2/c1-12-6-17-16(22-19(25)18-8-21-11-24(17)18)7-15(12)20(26)23-9-13-4-2-3-5-14(13)10-23/h2-8,11H,9-10H2,1H3,(H,22,25). The highest BCUT2D eigenvalue weighted by molar-refractivity contribution is 5.99. The number of rotatable bonds is 1. The molecule has 0 saturated heterocycles. The molecule has 5 rings (SSSR count). The fraction of sp³-hybridized carbons (Fsp3) is 0.150. The van der Waals surface area contributed by atoms with E-state index < -0.39 is 0 Å². The van der Waals surface area contributed by atoms with E-state index >= 15 is 0 Å². The van der Waals surface area contributed by atoms with Crippen molar-refractivity contribution in [3.63, 3.8) is 0 Å². The molecule has 2 aromatic carbocycles. The summed E-state index contributed by atoms with van der Waals surface area (Å²) in [5, 5.41) is 0. The molecule has 0 fully saturated rings. The summed E-state index contributed by atoms with van der Waals surface area (Å²) >= 11 is 0. The van der Waals surface area contributed by atoms with Crippen molar-refractivity contribution in [2.75, 3.05) is 0 Å². The lowest BCUT2D eigenvalue weighted by Crippen LogP contribution is -2.26. The Kier molecular flexibility index (Phi) is 3.03. The zero-order chi connectivity index (χ0) is 17.8. The monoisotopic (exact) mass is 344 g/mol. The van der Waals surface area contributed by atoms with Crippen molar-refractivity contribution in [3.05, 3.63) is 81.5 Å². The highest BCUT2D eigenvalue weighted by Gasteiger charge is 2.25. The lowest BCUT2D eigenvalue weighted by molar-refractivity contribution is 0.0751. The molecule has 0 atom stereocenters. The third kappa shape index (κ3) is 2.08. The fourth-order valence-electron chi connectivity index (χ4n) is 3.71. The van der Waals surface area contributed by atoms with Gasteiger partial charge in [-0.25, -0.2) is 4.98 Å². The maximum absolute atomic E-state index is 13.1. The van der Waals surface area contributed by atoms with Gasteiger partial charge in [0, 0.05) is 18.7 Å². The molecule has 0 bridgehead atoms. The number of carbonyl (C=O) groups excluding carboxylic acids is 1. The van der Waals surface area contributed by atoms with Crippen LogP contribution in [0.25, 0.3) is 16.6 Å². The number of benzene rings is 2. The molecule has 4 aromatic rings. The van der Waals surface area contributed by atoms with E-state index in [1.54, 1.807) is 16.8 Å². The van der Waals surface area contributed by atoms with Crippen LogP contribution in [0.15, 0.2) is 53.7 Å². The van der Waals surface area contributed by atoms with E-state index in [0.717, 1.165) is 11.1 Å². The fourth-order valence-corrected chi connectivity index (χ4v) is 3.71. The number of hydrogen-bond donors (Lipinski definition) is 1. The van der Waals surface area contributed by atoms with Crippen molar-refractivity contribution in [2.24, 2.45) is 0 Å². The molecule has 6 heteroatoms. The Balaban J connectivity index is 1.61. The minimum Gasteiger partial charge on any atom is -0.330 e. The van der Waals surface area contributed by atoms with Gasteiger partial charge in [-0.1, -0.05) is 24.3 Å². The van der Waals surface area contributed by atoms with Crippen LogP contribution >= 0.6 is 0 Å². The second kappa shape index (κ2) is 5.29. The number of aromatic amines is 1. The number of carbonyl (C=O) groups is 1. The van der Waals surface area contributed by atoms with E-state index in [0.29, 0.717) is 29.7 Å². The van der Waals surface area contributed by atoms with Gasteiger partial charge in [0.25, 0.3) is 11.5 Å². The third-order valence-electron chi connectivity index (χ3n) is 5.08. The van der Waals surface area contributed by atoms with Crippen molar-refractivity contribution >= 4 is 22.5 Å². The summed E-state index contributed by atoms with van der Waals surface area (Å²) in [5.74, 6) is -0.0211. The van der Waals surface area contributed by atoms with Crippen LogP contribution in [0.4, 0.5) is 0 Å². The number of fused-ring (bicyclic) bond motifs is 4. The summed E-state index contributed by atoms with van der Waals surface area (Å²) in [6.45, 7) is 3.15. The van der Waals surface area contributed by atoms with E-state index in [1.165, 1.54) is 17.3 Å². The predicted octanol–water partition coefficient (Wildman–Crippen LogP) is 2.64. The number of hydrogen-bond acceptors (Lipinski definition) is 3. The Hall–Kier alpha value is -3.41. The van der Waals surface area contributed by atoms with E-state index in [9.17, 15) is 9.59 Å². The summed E-state index contributed by atoms with van der Waals surface area (Å²) in [4.78, 5) is 34.1. The number of nitrogens with one attached hydrogen (secondary N) is 1. The lowest BCUT2D eigenvalue weighted by atomic mass is 10.1. The summed E-state index contributed by atoms with van der Waals surface area (Å²) < 4.78 is 1.75. The van der Waals surface area contributed by atoms with Crippen molar-refractivity contribution in [3.8, 4) is 0 Å². The van der Waals surface area contributed by atoms with Gasteiger partial charge in [0.1, 0.15) is 5.52 Å². The molecule has 1 aliphatic rings. The van der Waals surface area contributed by atoms with Crippen LogP contribution in [0, 0.1) is 6.92 Å². The summed E-state index contributed by atoms with van der Waals surface area (Å²) in [5.41, 5.74) is 5.60. The molecule has 0 unspecified atom stereocenters. The van der Waals surface area contributed by atoms with Gasteiger partial charge in [0.2, 0.25) is 0 Å². The van der Waals surface area contributed by atoms with Gasteiger partial charge in [0.05, 0.1) is 23.6 Å². The first-order chi connectivity index (χ1) is 12.6. The highest BCUT2D eigenvalue weighted by atomic mass is 16.2. The van der Waals surface area contributed by atoms with Crippen molar-refractivity contribution < 1.29 is 4.79 Å². The molecule has 0 aliphatic carbocycles. The second-order valence-electron chi connectivity index (χ2n) is 6.72. The first-order valence-corrected chi connectivity index (χ1v) is 8.46. The molecule has 0 saturated carbocycles. The zero-order valence-electron chi connectivity index (χ0n) is 14.2. The Morgan fingerprint density at radius 1 is 1.12 bits per heavy atom. The quantitative estimate of drug-likeness (QED) is 0.577. The molecule has 3 heterocycles. The summed E-state index contributed by atoms with van der Waals surface area (Å²) in [6, 6.07) is 11.8. The third-order valence-corrected chi connectivity index (χ3v) is 5.08. The SMILES string of the molecule is Cc1cc2c(cc1C(=O)N1Cc3ccccc3C1)[nH]c(=O)c1cncn12. The van der Waals surface area contributed by atoms with Gasteiger partial charge in [-0.2, -0.15) is 0 Å². The van der Waals surface area contributed by atoms with Gasteiger partial charge < -0.3 is 9.88 Å². The van der Waals surface area contributed by atoms with Crippen molar-refractivity contribution in [1.29, 1.82) is 0 Å². The Morgan fingerprint density at radius 2 is 1.85 bits per heavy atom. The van der Waals surface area contributed by atoms with Gasteiger partial charge in [-0.05, 0) is 35.7 Å². The average Bonchev–Trinajstić information content (AvgIpc) is 3.29. The van der Waals surface area contributed by atoms with Gasteiger partial charge in [-0.3, -0.25) is 14.0 Å². The molecule has 0 radical (unpaired) electrons. The highest BCUT2D eigenvalue weighted by Crippen LogP contribution is 2.26. The van der Waals surface area contributed by atoms with Crippen LogP contribution < -0.4 is 5.56 Å². The van der Waals surface area contributed by atoms with E-state index in [4.69, 9.17) is 0 Å². The molecule has 1 aliphatic heterocycles. The first kappa shape index (κ1) is 14.9. The molecule has 2 aromatic heterocycles. The maximum atomic E-state index is 13.1. The molecule has 128 valence electrons. The Morgan fingerprint density at radius 3 is 2.58 bits per heavy atom. The number of amides is 1. The van der Waals surface area contributed by atoms with Crippen LogP contribution in [0.5, 0.6) is 0 Å². The number of aromatic nitrogens is 3. The normalized spacial score (nSPS) is 13.5. The maximum Gasteiger partial charge on any atom is 0.274 e. The van der Waals surface area contributed by atoms with E-state index in [1.807, 2.05) is 30.0 Å². The van der Waals surface area contributed by atoms with Gasteiger partial charge >= 0.3 is 0 Å². The second-order valence-corrected chi connectivity index (χ2v) is 6.72. The molecule has 1 N–H and O–H groups in total. The van der Waals surface area contributed by atoms with Gasteiger partial charge in [-0.15, -0.1) is 0 Å². The molecule has 26 heavy (non-hydrogen) atoms. The average molecular weight is 344 g/mol. The number of aryl methyl sites for hydroxylation is 1. The number of H-pyrrole nitrogens is 1. The van der Waals surface area contributed by atoms with Crippen LogP contribution in [0.2, 0.25) is 0 Å². The zero-order valence-corrected chi connectivity index (χ0v) is 14.2. The lowest BCUT2D eigenvalue weighted by Gasteiger charge is -2.17. The number of imidazole rings is 1. The van der Waals surface area contributed by atoms with Gasteiger partial charge in [0.15, 0.2) is 0 Å². The Bertz CT molecular complexity index is 1230. The Labute approximate surface area is 148 Å². The predicted molar refractivity (Wildman–Crippen MR) is 98.1 cm³/mol. The van der Waals surface area contributed by atoms with Crippen LogP contribution in [0.1, 0.15) is 27.0 Å². The molecule has 0 spiro atoms. The van der Waals surface area contributed by atoms with Crippen LogP contribution in [-0.4, -0.2) is 25.2 Å². The number of nitrogens with zero attached hydrogens (tertiary/aromatic N) is 3. The smallest absolute Gasteiger partial charge is 0.274 e.